The monoisotopic (exact) mass is 328 g/mol. The topological polar surface area (TPSA) is 37.3 Å². The SMILES string of the molecule is C=CC1(O)CC[C@H]2[C@@H]3CCC4=C(C)C(=O)CC[C@]4(C)[C@@H]3CC[C@@]21C. The normalized spacial score (nSPS) is 51.0. The molecule has 0 bridgehead atoms. The number of carbonyl (C=O) groups is 1. The Bertz CT molecular complexity index is 632. The lowest BCUT2D eigenvalue weighted by atomic mass is 9.46. The summed E-state index contributed by atoms with van der Waals surface area (Å²) in [6.07, 6.45) is 10.2. The summed E-state index contributed by atoms with van der Waals surface area (Å²) in [6.45, 7) is 10.8. The van der Waals surface area contributed by atoms with Crippen LogP contribution in [0.2, 0.25) is 0 Å². The Labute approximate surface area is 146 Å². The number of ketones is 1. The molecule has 0 radical (unpaired) electrons. The van der Waals surface area contributed by atoms with Crippen LogP contribution in [-0.4, -0.2) is 16.5 Å². The van der Waals surface area contributed by atoms with Crippen LogP contribution in [0.3, 0.4) is 0 Å². The first-order valence-electron chi connectivity index (χ1n) is 9.86. The summed E-state index contributed by atoms with van der Waals surface area (Å²) in [5.41, 5.74) is 2.08. The fraction of sp³-hybridized carbons (Fsp3) is 0.773. The van der Waals surface area contributed by atoms with E-state index in [1.807, 2.05) is 6.08 Å². The fourth-order valence-electron chi connectivity index (χ4n) is 7.37. The van der Waals surface area contributed by atoms with E-state index in [4.69, 9.17) is 0 Å². The molecule has 24 heavy (non-hydrogen) atoms. The molecule has 3 saturated carbocycles. The number of allylic oxidation sites excluding steroid dienone is 1. The lowest BCUT2D eigenvalue weighted by molar-refractivity contribution is -0.121. The van der Waals surface area contributed by atoms with Gasteiger partial charge >= 0.3 is 0 Å². The van der Waals surface area contributed by atoms with Gasteiger partial charge in [0.1, 0.15) is 0 Å². The molecule has 4 rings (SSSR count). The van der Waals surface area contributed by atoms with E-state index < -0.39 is 5.60 Å². The number of Topliss-reactive ketones (excluding diaryl/α,β-unsaturated/α-hetero) is 1. The van der Waals surface area contributed by atoms with Crippen LogP contribution in [0.1, 0.15) is 72.1 Å². The van der Waals surface area contributed by atoms with Crippen molar-refractivity contribution in [2.75, 3.05) is 0 Å². The number of aliphatic hydroxyl groups is 1. The second-order valence-corrected chi connectivity index (χ2v) is 9.48. The van der Waals surface area contributed by atoms with Crippen LogP contribution in [0.4, 0.5) is 0 Å². The van der Waals surface area contributed by atoms with Gasteiger partial charge in [0.15, 0.2) is 5.78 Å². The quantitative estimate of drug-likeness (QED) is 0.700. The first kappa shape index (κ1) is 16.6. The van der Waals surface area contributed by atoms with Crippen LogP contribution in [0.25, 0.3) is 0 Å². The van der Waals surface area contributed by atoms with Gasteiger partial charge < -0.3 is 5.11 Å². The Balaban J connectivity index is 1.72. The van der Waals surface area contributed by atoms with Gasteiger partial charge in [0.05, 0.1) is 5.60 Å². The lowest BCUT2D eigenvalue weighted by Crippen LogP contribution is -2.54. The molecule has 0 aromatic carbocycles. The molecular formula is C22H32O2. The zero-order valence-electron chi connectivity index (χ0n) is 15.5. The zero-order chi connectivity index (χ0) is 17.3. The van der Waals surface area contributed by atoms with Gasteiger partial charge in [-0.1, -0.05) is 25.5 Å². The molecule has 4 aliphatic rings. The molecule has 3 fully saturated rings. The molecule has 0 aromatic heterocycles. The van der Waals surface area contributed by atoms with Gasteiger partial charge in [-0.25, -0.2) is 0 Å². The molecule has 1 N–H and O–H groups in total. The van der Waals surface area contributed by atoms with Gasteiger partial charge in [-0.3, -0.25) is 4.79 Å². The molecule has 0 amide bonds. The van der Waals surface area contributed by atoms with Crippen molar-refractivity contribution in [3.63, 3.8) is 0 Å². The summed E-state index contributed by atoms with van der Waals surface area (Å²) in [5, 5.41) is 11.1. The van der Waals surface area contributed by atoms with Crippen molar-refractivity contribution in [2.45, 2.75) is 77.7 Å². The van der Waals surface area contributed by atoms with Gasteiger partial charge in [0.25, 0.3) is 0 Å². The van der Waals surface area contributed by atoms with Crippen LogP contribution < -0.4 is 0 Å². The Kier molecular flexibility index (Phi) is 3.50. The minimum absolute atomic E-state index is 0.00692. The van der Waals surface area contributed by atoms with Crippen molar-refractivity contribution >= 4 is 5.78 Å². The summed E-state index contributed by atoms with van der Waals surface area (Å²) in [7, 11) is 0. The van der Waals surface area contributed by atoms with Gasteiger partial charge in [-0.05, 0) is 80.6 Å². The van der Waals surface area contributed by atoms with E-state index in [0.29, 0.717) is 23.5 Å². The third-order valence-electron chi connectivity index (χ3n) is 8.97. The molecule has 1 unspecified atom stereocenters. The van der Waals surface area contributed by atoms with Gasteiger partial charge in [-0.2, -0.15) is 0 Å². The summed E-state index contributed by atoms with van der Waals surface area (Å²) < 4.78 is 0. The number of carbonyl (C=O) groups excluding carboxylic acids is 1. The molecule has 2 heteroatoms. The number of rotatable bonds is 1. The first-order chi connectivity index (χ1) is 11.3. The maximum atomic E-state index is 12.2. The largest absolute Gasteiger partial charge is 0.385 e. The molecule has 2 nitrogen and oxygen atoms in total. The fourth-order valence-corrected chi connectivity index (χ4v) is 7.37. The minimum Gasteiger partial charge on any atom is -0.385 e. The van der Waals surface area contributed by atoms with Crippen LogP contribution in [0.5, 0.6) is 0 Å². The molecule has 0 aliphatic heterocycles. The van der Waals surface area contributed by atoms with Crippen LogP contribution in [-0.2, 0) is 4.79 Å². The highest BCUT2D eigenvalue weighted by atomic mass is 16.3. The van der Waals surface area contributed by atoms with Crippen molar-refractivity contribution in [1.29, 1.82) is 0 Å². The lowest BCUT2D eigenvalue weighted by Gasteiger charge is -2.59. The average molecular weight is 328 g/mol. The molecule has 0 saturated heterocycles. The van der Waals surface area contributed by atoms with Crippen molar-refractivity contribution in [2.24, 2.45) is 28.6 Å². The maximum Gasteiger partial charge on any atom is 0.158 e. The van der Waals surface area contributed by atoms with Crippen molar-refractivity contribution in [3.05, 3.63) is 23.8 Å². The molecule has 0 heterocycles. The minimum atomic E-state index is -0.682. The average Bonchev–Trinajstić information content (AvgIpc) is 2.84. The van der Waals surface area contributed by atoms with E-state index in [1.165, 1.54) is 18.4 Å². The smallest absolute Gasteiger partial charge is 0.158 e. The molecule has 0 spiro atoms. The predicted molar refractivity (Wildman–Crippen MR) is 96.5 cm³/mol. The second-order valence-electron chi connectivity index (χ2n) is 9.48. The van der Waals surface area contributed by atoms with Crippen LogP contribution in [0.15, 0.2) is 23.8 Å². The molecule has 4 aliphatic carbocycles. The van der Waals surface area contributed by atoms with E-state index >= 15 is 0 Å². The predicted octanol–water partition coefficient (Wildman–Crippen LogP) is 4.83. The summed E-state index contributed by atoms with van der Waals surface area (Å²) in [6, 6.07) is 0. The second kappa shape index (κ2) is 5.06. The summed E-state index contributed by atoms with van der Waals surface area (Å²) in [4.78, 5) is 12.2. The molecular weight excluding hydrogens is 296 g/mol. The van der Waals surface area contributed by atoms with Crippen LogP contribution >= 0.6 is 0 Å². The maximum absolute atomic E-state index is 12.2. The van der Waals surface area contributed by atoms with Gasteiger partial charge in [0.2, 0.25) is 0 Å². The van der Waals surface area contributed by atoms with E-state index in [2.05, 4.69) is 27.4 Å². The van der Waals surface area contributed by atoms with E-state index in [9.17, 15) is 9.90 Å². The zero-order valence-corrected chi connectivity index (χ0v) is 15.5. The summed E-state index contributed by atoms with van der Waals surface area (Å²) in [5.74, 6) is 2.38. The van der Waals surface area contributed by atoms with Crippen molar-refractivity contribution in [1.82, 2.24) is 0 Å². The number of fused-ring (bicyclic) bond motifs is 5. The Morgan fingerprint density at radius 2 is 1.79 bits per heavy atom. The third-order valence-corrected chi connectivity index (χ3v) is 8.97. The standard InChI is InChI=1S/C22H32O2/c1-5-22(24)13-9-18-15-6-7-16-14(2)19(23)10-11-20(16,3)17(15)8-12-21(18,22)4/h5,15,17-18,24H,1,6-13H2,2-4H3/t15-,17-,18+,20+,21+,22?/m1/s1. The summed E-state index contributed by atoms with van der Waals surface area (Å²) >= 11 is 0. The highest BCUT2D eigenvalue weighted by Crippen LogP contribution is 2.68. The highest BCUT2D eigenvalue weighted by molar-refractivity contribution is 5.96. The van der Waals surface area contributed by atoms with Crippen molar-refractivity contribution < 1.29 is 9.90 Å². The van der Waals surface area contributed by atoms with Gasteiger partial charge in [-0.15, -0.1) is 6.58 Å². The first-order valence-corrected chi connectivity index (χ1v) is 9.86. The Hall–Kier alpha value is -0.890. The van der Waals surface area contributed by atoms with E-state index in [0.717, 1.165) is 44.1 Å². The highest BCUT2D eigenvalue weighted by Gasteiger charge is 2.63. The van der Waals surface area contributed by atoms with Gasteiger partial charge in [0, 0.05) is 11.8 Å². The number of hydrogen-bond acceptors (Lipinski definition) is 2. The number of hydrogen-bond donors (Lipinski definition) is 1. The van der Waals surface area contributed by atoms with E-state index in [1.54, 1.807) is 0 Å². The van der Waals surface area contributed by atoms with E-state index in [-0.39, 0.29) is 10.8 Å². The van der Waals surface area contributed by atoms with Crippen LogP contribution in [0, 0.1) is 28.6 Å². The Morgan fingerprint density at radius 3 is 2.50 bits per heavy atom. The van der Waals surface area contributed by atoms with Crippen molar-refractivity contribution in [3.8, 4) is 0 Å². The molecule has 0 aromatic rings. The molecule has 6 atom stereocenters. The molecule has 132 valence electrons. The third kappa shape index (κ3) is 1.84. The Morgan fingerprint density at radius 1 is 1.08 bits per heavy atom.